The minimum Gasteiger partial charge on any atom is -0.357 e. The first-order valence-corrected chi connectivity index (χ1v) is 9.31. The molecule has 1 heterocycles. The molecule has 0 saturated heterocycles. The molecule has 0 saturated carbocycles. The predicted octanol–water partition coefficient (Wildman–Crippen LogP) is 3.74. The molecule has 1 aromatic carbocycles. The summed E-state index contributed by atoms with van der Waals surface area (Å²) in [7, 11) is 1.92. The standard InChI is InChI=1S/C20H28F3N5/c1-6-24-19(25-12-16-8-7-9-17(11-16)20(21,22)23)26-13(2)10-18-14(3)27-28(5)15(18)4/h7-9,11,13H,6,10,12H2,1-5H3,(H2,24,25,26). The Morgan fingerprint density at radius 1 is 1.29 bits per heavy atom. The van der Waals surface area contributed by atoms with Crippen molar-refractivity contribution >= 4 is 5.96 Å². The van der Waals surface area contributed by atoms with Gasteiger partial charge in [0.05, 0.1) is 17.8 Å². The number of rotatable bonds is 6. The average molecular weight is 395 g/mol. The number of aliphatic imine (C=N–C) groups is 1. The van der Waals surface area contributed by atoms with Crippen molar-refractivity contribution in [2.24, 2.45) is 12.0 Å². The van der Waals surface area contributed by atoms with Crippen molar-refractivity contribution in [3.8, 4) is 0 Å². The molecule has 2 rings (SSSR count). The quantitative estimate of drug-likeness (QED) is 0.579. The molecule has 0 aliphatic heterocycles. The van der Waals surface area contributed by atoms with Crippen LogP contribution >= 0.6 is 0 Å². The molecule has 1 aromatic heterocycles. The second kappa shape index (κ2) is 9.12. The highest BCUT2D eigenvalue weighted by atomic mass is 19.4. The fraction of sp³-hybridized carbons (Fsp3) is 0.500. The number of guanidine groups is 1. The minimum atomic E-state index is -4.35. The molecule has 28 heavy (non-hydrogen) atoms. The van der Waals surface area contributed by atoms with Gasteiger partial charge in [0, 0.05) is 25.3 Å². The third-order valence-electron chi connectivity index (χ3n) is 4.57. The summed E-state index contributed by atoms with van der Waals surface area (Å²) in [5, 5.41) is 10.9. The summed E-state index contributed by atoms with van der Waals surface area (Å²) >= 11 is 0. The van der Waals surface area contributed by atoms with Gasteiger partial charge >= 0.3 is 6.18 Å². The van der Waals surface area contributed by atoms with Crippen molar-refractivity contribution in [1.82, 2.24) is 20.4 Å². The fourth-order valence-electron chi connectivity index (χ4n) is 3.04. The van der Waals surface area contributed by atoms with Gasteiger partial charge < -0.3 is 10.6 Å². The Kier molecular flexibility index (Phi) is 7.10. The molecule has 0 bridgehead atoms. The van der Waals surface area contributed by atoms with Crippen LogP contribution in [0.3, 0.4) is 0 Å². The van der Waals surface area contributed by atoms with Gasteiger partial charge in [0.2, 0.25) is 0 Å². The summed E-state index contributed by atoms with van der Waals surface area (Å²) < 4.78 is 40.5. The lowest BCUT2D eigenvalue weighted by atomic mass is 10.1. The molecule has 154 valence electrons. The molecule has 5 nitrogen and oxygen atoms in total. The van der Waals surface area contributed by atoms with Crippen molar-refractivity contribution in [3.05, 3.63) is 52.3 Å². The average Bonchev–Trinajstić information content (AvgIpc) is 2.85. The molecule has 2 N–H and O–H groups in total. The van der Waals surface area contributed by atoms with E-state index in [0.29, 0.717) is 18.1 Å². The van der Waals surface area contributed by atoms with E-state index in [0.717, 1.165) is 29.9 Å². The van der Waals surface area contributed by atoms with Crippen LogP contribution < -0.4 is 10.6 Å². The van der Waals surface area contributed by atoms with Crippen molar-refractivity contribution < 1.29 is 13.2 Å². The molecule has 0 amide bonds. The molecule has 2 aromatic rings. The van der Waals surface area contributed by atoms with Crippen LogP contribution in [0.4, 0.5) is 13.2 Å². The van der Waals surface area contributed by atoms with Crippen molar-refractivity contribution in [1.29, 1.82) is 0 Å². The van der Waals surface area contributed by atoms with Gasteiger partial charge in [-0.15, -0.1) is 0 Å². The van der Waals surface area contributed by atoms with Crippen LogP contribution in [0, 0.1) is 13.8 Å². The van der Waals surface area contributed by atoms with E-state index in [1.165, 1.54) is 11.6 Å². The SMILES string of the molecule is CCNC(=NCc1cccc(C(F)(F)F)c1)NC(C)Cc1c(C)nn(C)c1C. The maximum absolute atomic E-state index is 12.9. The lowest BCUT2D eigenvalue weighted by Crippen LogP contribution is -2.43. The smallest absolute Gasteiger partial charge is 0.357 e. The number of nitrogens with zero attached hydrogens (tertiary/aromatic N) is 3. The number of alkyl halides is 3. The molecule has 0 aliphatic rings. The lowest BCUT2D eigenvalue weighted by Gasteiger charge is -2.18. The van der Waals surface area contributed by atoms with E-state index in [-0.39, 0.29) is 12.6 Å². The van der Waals surface area contributed by atoms with Crippen LogP contribution in [0.1, 0.15) is 41.9 Å². The molecule has 0 fully saturated rings. The Hall–Kier alpha value is -2.51. The number of halogens is 3. The monoisotopic (exact) mass is 395 g/mol. The van der Waals surface area contributed by atoms with E-state index < -0.39 is 11.7 Å². The molecule has 1 atom stereocenters. The van der Waals surface area contributed by atoms with E-state index in [9.17, 15) is 13.2 Å². The second-order valence-electron chi connectivity index (χ2n) is 6.92. The number of hydrogen-bond acceptors (Lipinski definition) is 2. The lowest BCUT2D eigenvalue weighted by molar-refractivity contribution is -0.137. The summed E-state index contributed by atoms with van der Waals surface area (Å²) in [5.74, 6) is 0.576. The van der Waals surface area contributed by atoms with Gasteiger partial charge in [-0.3, -0.25) is 4.68 Å². The highest BCUT2D eigenvalue weighted by Gasteiger charge is 2.30. The summed E-state index contributed by atoms with van der Waals surface area (Å²) in [5.41, 5.74) is 3.17. The van der Waals surface area contributed by atoms with Crippen LogP contribution in [0.15, 0.2) is 29.3 Å². The topological polar surface area (TPSA) is 54.2 Å². The van der Waals surface area contributed by atoms with Gasteiger partial charge in [0.1, 0.15) is 0 Å². The predicted molar refractivity (Wildman–Crippen MR) is 105 cm³/mol. The van der Waals surface area contributed by atoms with Crippen molar-refractivity contribution in [3.63, 3.8) is 0 Å². The summed E-state index contributed by atoms with van der Waals surface area (Å²) in [6.07, 6.45) is -3.57. The summed E-state index contributed by atoms with van der Waals surface area (Å²) in [4.78, 5) is 4.44. The summed E-state index contributed by atoms with van der Waals surface area (Å²) in [6, 6.07) is 5.34. The number of hydrogen-bond donors (Lipinski definition) is 2. The van der Waals surface area contributed by atoms with E-state index in [4.69, 9.17) is 0 Å². The van der Waals surface area contributed by atoms with Crippen LogP contribution in [0.2, 0.25) is 0 Å². The Labute approximate surface area is 164 Å². The number of aromatic nitrogens is 2. The van der Waals surface area contributed by atoms with Crippen molar-refractivity contribution in [2.75, 3.05) is 6.54 Å². The van der Waals surface area contributed by atoms with Crippen molar-refractivity contribution in [2.45, 2.75) is 52.9 Å². The zero-order valence-corrected chi connectivity index (χ0v) is 17.0. The van der Waals surface area contributed by atoms with E-state index in [2.05, 4.69) is 20.7 Å². The summed E-state index contributed by atoms with van der Waals surface area (Å²) in [6.45, 7) is 8.84. The Morgan fingerprint density at radius 2 is 2.00 bits per heavy atom. The molecule has 1 unspecified atom stereocenters. The normalized spacial score (nSPS) is 13.5. The van der Waals surface area contributed by atoms with Gasteiger partial charge in [0.25, 0.3) is 0 Å². The Morgan fingerprint density at radius 3 is 2.57 bits per heavy atom. The maximum atomic E-state index is 12.9. The molecule has 0 spiro atoms. The second-order valence-corrected chi connectivity index (χ2v) is 6.92. The number of aryl methyl sites for hydroxylation is 2. The molecule has 0 aliphatic carbocycles. The molecule has 8 heteroatoms. The number of nitrogens with one attached hydrogen (secondary N) is 2. The Balaban J connectivity index is 2.08. The van der Waals surface area contributed by atoms with Gasteiger partial charge in [-0.05, 0) is 57.4 Å². The molecule has 0 radical (unpaired) electrons. The molecular formula is C20H28F3N5. The van der Waals surface area contributed by atoms with Gasteiger partial charge in [-0.2, -0.15) is 18.3 Å². The zero-order valence-electron chi connectivity index (χ0n) is 17.0. The highest BCUT2D eigenvalue weighted by molar-refractivity contribution is 5.80. The first-order valence-electron chi connectivity index (χ1n) is 9.31. The van der Waals surface area contributed by atoms with Crippen LogP contribution in [0.5, 0.6) is 0 Å². The van der Waals surface area contributed by atoms with Gasteiger partial charge in [-0.25, -0.2) is 4.99 Å². The zero-order chi connectivity index (χ0) is 20.9. The Bertz CT molecular complexity index is 824. The van der Waals surface area contributed by atoms with Gasteiger partial charge in [0.15, 0.2) is 5.96 Å². The van der Waals surface area contributed by atoms with Crippen LogP contribution in [-0.4, -0.2) is 28.3 Å². The first-order chi connectivity index (χ1) is 13.1. The van der Waals surface area contributed by atoms with Gasteiger partial charge in [-0.1, -0.05) is 12.1 Å². The van der Waals surface area contributed by atoms with E-state index in [1.54, 1.807) is 6.07 Å². The minimum absolute atomic E-state index is 0.0842. The third-order valence-corrected chi connectivity index (χ3v) is 4.57. The molecular weight excluding hydrogens is 367 g/mol. The van der Waals surface area contributed by atoms with E-state index >= 15 is 0 Å². The number of benzene rings is 1. The van der Waals surface area contributed by atoms with E-state index in [1.807, 2.05) is 39.4 Å². The first kappa shape index (κ1) is 21.8. The fourth-order valence-corrected chi connectivity index (χ4v) is 3.04. The van der Waals surface area contributed by atoms with Crippen LogP contribution in [0.25, 0.3) is 0 Å². The highest BCUT2D eigenvalue weighted by Crippen LogP contribution is 2.29. The maximum Gasteiger partial charge on any atom is 0.416 e. The largest absolute Gasteiger partial charge is 0.416 e. The third kappa shape index (κ3) is 5.74. The van der Waals surface area contributed by atoms with Crippen LogP contribution in [-0.2, 0) is 26.2 Å².